The van der Waals surface area contributed by atoms with E-state index in [1.807, 2.05) is 12.1 Å². The summed E-state index contributed by atoms with van der Waals surface area (Å²) in [4.78, 5) is 4.72. The second-order valence-corrected chi connectivity index (χ2v) is 8.07. The van der Waals surface area contributed by atoms with Crippen molar-refractivity contribution in [3.63, 3.8) is 0 Å². The Bertz CT molecular complexity index is 737. The number of nitrogens with zero attached hydrogens (tertiary/aromatic N) is 2. The molecule has 3 rings (SSSR count). The average Bonchev–Trinajstić information content (AvgIpc) is 2.70. The van der Waals surface area contributed by atoms with E-state index in [4.69, 9.17) is 23.8 Å². The Hall–Kier alpha value is -1.62. The number of thiocarbonyl (C=S) groups is 1. The van der Waals surface area contributed by atoms with Crippen LogP contribution in [0.2, 0.25) is 5.02 Å². The van der Waals surface area contributed by atoms with Crippen LogP contribution in [-0.4, -0.2) is 41.1 Å². The van der Waals surface area contributed by atoms with Gasteiger partial charge in [0, 0.05) is 43.4 Å². The van der Waals surface area contributed by atoms with Crippen molar-refractivity contribution in [1.29, 1.82) is 0 Å². The van der Waals surface area contributed by atoms with E-state index in [-0.39, 0.29) is 0 Å². The predicted octanol–water partition coefficient (Wildman–Crippen LogP) is 5.37. The van der Waals surface area contributed by atoms with Gasteiger partial charge in [0.2, 0.25) is 0 Å². The standard InChI is InChI=1S/C22H28ClN3S/c1-3-17(2)19-6-10-21(11-7-19)24-22(27)26-14-12-25(13-15-26)16-18-4-8-20(23)9-5-18/h4-11,17H,3,12-16H2,1-2H3,(H,24,27). The number of nitrogens with one attached hydrogen (secondary N) is 1. The number of rotatable bonds is 5. The van der Waals surface area contributed by atoms with Crippen LogP contribution in [0.25, 0.3) is 0 Å². The Morgan fingerprint density at radius 1 is 1.04 bits per heavy atom. The smallest absolute Gasteiger partial charge is 0.173 e. The maximum atomic E-state index is 5.96. The summed E-state index contributed by atoms with van der Waals surface area (Å²) in [5, 5.41) is 5.00. The highest BCUT2D eigenvalue weighted by atomic mass is 35.5. The van der Waals surface area contributed by atoms with Crippen LogP contribution in [-0.2, 0) is 6.54 Å². The van der Waals surface area contributed by atoms with E-state index < -0.39 is 0 Å². The number of anilines is 1. The lowest BCUT2D eigenvalue weighted by Gasteiger charge is -2.36. The van der Waals surface area contributed by atoms with Gasteiger partial charge in [-0.15, -0.1) is 0 Å². The van der Waals surface area contributed by atoms with Gasteiger partial charge in [-0.3, -0.25) is 4.90 Å². The van der Waals surface area contributed by atoms with Crippen LogP contribution in [0.4, 0.5) is 5.69 Å². The minimum Gasteiger partial charge on any atom is -0.346 e. The first-order valence-corrected chi connectivity index (χ1v) is 10.5. The zero-order valence-electron chi connectivity index (χ0n) is 16.1. The number of benzene rings is 2. The van der Waals surface area contributed by atoms with Crippen LogP contribution in [0.3, 0.4) is 0 Å². The molecule has 1 aliphatic rings. The fraction of sp³-hybridized carbons (Fsp3) is 0.409. The van der Waals surface area contributed by atoms with Gasteiger partial charge < -0.3 is 10.2 Å². The van der Waals surface area contributed by atoms with Crippen molar-refractivity contribution in [3.05, 3.63) is 64.7 Å². The zero-order valence-corrected chi connectivity index (χ0v) is 17.7. The summed E-state index contributed by atoms with van der Waals surface area (Å²) in [6.07, 6.45) is 1.16. The van der Waals surface area contributed by atoms with Crippen molar-refractivity contribution >= 4 is 34.6 Å². The van der Waals surface area contributed by atoms with Gasteiger partial charge in [-0.1, -0.05) is 49.7 Å². The molecule has 5 heteroatoms. The molecule has 0 aliphatic carbocycles. The highest BCUT2D eigenvalue weighted by molar-refractivity contribution is 7.80. The van der Waals surface area contributed by atoms with Crippen LogP contribution in [0.1, 0.15) is 37.3 Å². The van der Waals surface area contributed by atoms with Gasteiger partial charge in [-0.25, -0.2) is 0 Å². The summed E-state index contributed by atoms with van der Waals surface area (Å²) in [5.74, 6) is 0.597. The van der Waals surface area contributed by atoms with E-state index in [1.54, 1.807) is 0 Å². The van der Waals surface area contributed by atoms with Crippen molar-refractivity contribution in [3.8, 4) is 0 Å². The monoisotopic (exact) mass is 401 g/mol. The summed E-state index contributed by atoms with van der Waals surface area (Å²) in [6, 6.07) is 16.8. The van der Waals surface area contributed by atoms with E-state index in [2.05, 4.69) is 65.4 Å². The van der Waals surface area contributed by atoms with Gasteiger partial charge in [0.15, 0.2) is 5.11 Å². The molecule has 1 fully saturated rings. The maximum Gasteiger partial charge on any atom is 0.173 e. The Balaban J connectivity index is 1.47. The molecule has 0 spiro atoms. The first kappa shape index (κ1) is 20.1. The lowest BCUT2D eigenvalue weighted by atomic mass is 9.99. The molecule has 1 unspecified atom stereocenters. The normalized spacial score (nSPS) is 16.2. The largest absolute Gasteiger partial charge is 0.346 e. The van der Waals surface area contributed by atoms with Gasteiger partial charge in [-0.2, -0.15) is 0 Å². The lowest BCUT2D eigenvalue weighted by molar-refractivity contribution is 0.177. The van der Waals surface area contributed by atoms with Crippen molar-refractivity contribution in [1.82, 2.24) is 9.80 Å². The van der Waals surface area contributed by atoms with Gasteiger partial charge in [0.1, 0.15) is 0 Å². The second-order valence-electron chi connectivity index (χ2n) is 7.25. The number of hydrogen-bond acceptors (Lipinski definition) is 2. The van der Waals surface area contributed by atoms with Crippen molar-refractivity contribution < 1.29 is 0 Å². The summed E-state index contributed by atoms with van der Waals surface area (Å²) in [6.45, 7) is 9.36. The van der Waals surface area contributed by atoms with Crippen LogP contribution in [0.15, 0.2) is 48.5 Å². The van der Waals surface area contributed by atoms with Crippen molar-refractivity contribution in [2.24, 2.45) is 0 Å². The van der Waals surface area contributed by atoms with E-state index in [0.717, 1.165) is 55.0 Å². The van der Waals surface area contributed by atoms with Crippen LogP contribution in [0, 0.1) is 0 Å². The minimum atomic E-state index is 0.597. The topological polar surface area (TPSA) is 18.5 Å². The Morgan fingerprint density at radius 3 is 2.26 bits per heavy atom. The van der Waals surface area contributed by atoms with Gasteiger partial charge in [0.25, 0.3) is 0 Å². The Labute approximate surface area is 173 Å². The molecule has 3 nitrogen and oxygen atoms in total. The molecular weight excluding hydrogens is 374 g/mol. The van der Waals surface area contributed by atoms with Crippen molar-refractivity contribution in [2.45, 2.75) is 32.7 Å². The Morgan fingerprint density at radius 2 is 1.67 bits per heavy atom. The summed E-state index contributed by atoms with van der Waals surface area (Å²) < 4.78 is 0. The average molecular weight is 402 g/mol. The molecule has 1 heterocycles. The molecule has 0 saturated carbocycles. The molecule has 144 valence electrons. The summed E-state index contributed by atoms with van der Waals surface area (Å²) in [5.41, 5.74) is 3.75. The van der Waals surface area contributed by atoms with E-state index in [1.165, 1.54) is 11.1 Å². The van der Waals surface area contributed by atoms with E-state index in [9.17, 15) is 0 Å². The van der Waals surface area contributed by atoms with Crippen LogP contribution < -0.4 is 5.32 Å². The third kappa shape index (κ3) is 5.68. The van der Waals surface area contributed by atoms with Crippen molar-refractivity contribution in [2.75, 3.05) is 31.5 Å². The molecule has 1 saturated heterocycles. The molecule has 1 atom stereocenters. The fourth-order valence-electron chi connectivity index (χ4n) is 3.29. The molecule has 2 aromatic carbocycles. The number of piperazine rings is 1. The van der Waals surface area contributed by atoms with Crippen LogP contribution in [0.5, 0.6) is 0 Å². The molecule has 0 aromatic heterocycles. The molecule has 2 aromatic rings. The SMILES string of the molecule is CCC(C)c1ccc(NC(=S)N2CCN(Cc3ccc(Cl)cc3)CC2)cc1. The first-order valence-electron chi connectivity index (χ1n) is 9.68. The number of hydrogen-bond donors (Lipinski definition) is 1. The van der Waals surface area contributed by atoms with Crippen LogP contribution >= 0.6 is 23.8 Å². The Kier molecular flexibility index (Phi) is 7.11. The quantitative estimate of drug-likeness (QED) is 0.678. The lowest BCUT2D eigenvalue weighted by Crippen LogP contribution is -2.49. The van der Waals surface area contributed by atoms with Gasteiger partial charge >= 0.3 is 0 Å². The molecule has 0 bridgehead atoms. The maximum absolute atomic E-state index is 5.96. The highest BCUT2D eigenvalue weighted by Crippen LogP contribution is 2.21. The van der Waals surface area contributed by atoms with Gasteiger partial charge in [0.05, 0.1) is 0 Å². The van der Waals surface area contributed by atoms with E-state index >= 15 is 0 Å². The summed E-state index contributed by atoms with van der Waals surface area (Å²) >= 11 is 11.6. The second kappa shape index (κ2) is 9.54. The highest BCUT2D eigenvalue weighted by Gasteiger charge is 2.19. The van der Waals surface area contributed by atoms with Gasteiger partial charge in [-0.05, 0) is 59.9 Å². The molecule has 1 N–H and O–H groups in total. The predicted molar refractivity (Wildman–Crippen MR) is 120 cm³/mol. The minimum absolute atomic E-state index is 0.597. The first-order chi connectivity index (χ1) is 13.0. The third-order valence-electron chi connectivity index (χ3n) is 5.32. The molecule has 27 heavy (non-hydrogen) atoms. The van der Waals surface area contributed by atoms with E-state index in [0.29, 0.717) is 5.92 Å². The fourth-order valence-corrected chi connectivity index (χ4v) is 3.72. The molecule has 1 aliphatic heterocycles. The zero-order chi connectivity index (χ0) is 19.2. The third-order valence-corrected chi connectivity index (χ3v) is 5.93. The molecule has 0 radical (unpaired) electrons. The number of halogens is 1. The molecule has 0 amide bonds. The summed E-state index contributed by atoms with van der Waals surface area (Å²) in [7, 11) is 0. The molecular formula is C22H28ClN3S.